The number of carbonyl (C=O) groups excluding carboxylic acids is 2. The topological polar surface area (TPSA) is 78.4 Å². The van der Waals surface area contributed by atoms with Crippen molar-refractivity contribution in [2.75, 3.05) is 13.2 Å². The third kappa shape index (κ3) is 3.23. The summed E-state index contributed by atoms with van der Waals surface area (Å²) in [6.45, 7) is 3.81. The molecule has 1 rings (SSSR count). The van der Waals surface area contributed by atoms with Gasteiger partial charge in [0.1, 0.15) is 6.33 Å². The van der Waals surface area contributed by atoms with E-state index < -0.39 is 11.9 Å². The first-order valence-electron chi connectivity index (χ1n) is 4.96. The minimum absolute atomic E-state index is 0.00454. The molecule has 0 aliphatic carbocycles. The molecule has 7 heteroatoms. The van der Waals surface area contributed by atoms with Crippen molar-refractivity contribution in [1.29, 1.82) is 0 Å². The fraction of sp³-hybridized carbons (Fsp3) is 0.400. The Kier molecular flexibility index (Phi) is 5.02. The number of esters is 2. The number of halogens is 1. The van der Waals surface area contributed by atoms with Crippen molar-refractivity contribution in [3.8, 4) is 0 Å². The third-order valence-electron chi connectivity index (χ3n) is 1.73. The van der Waals surface area contributed by atoms with Gasteiger partial charge < -0.3 is 9.47 Å². The van der Waals surface area contributed by atoms with E-state index in [9.17, 15) is 9.59 Å². The molecule has 0 saturated heterocycles. The van der Waals surface area contributed by atoms with E-state index in [2.05, 4.69) is 25.9 Å². The average molecular weight is 303 g/mol. The van der Waals surface area contributed by atoms with E-state index in [1.54, 1.807) is 13.8 Å². The van der Waals surface area contributed by atoms with Gasteiger partial charge in [0.2, 0.25) is 0 Å². The van der Waals surface area contributed by atoms with Gasteiger partial charge in [0.25, 0.3) is 0 Å². The van der Waals surface area contributed by atoms with Gasteiger partial charge in [-0.25, -0.2) is 19.6 Å². The summed E-state index contributed by atoms with van der Waals surface area (Å²) in [5.41, 5.74) is 0.00908. The van der Waals surface area contributed by atoms with Crippen LogP contribution in [0.2, 0.25) is 0 Å². The molecular formula is C10H11BrN2O4. The number of nitrogens with zero attached hydrogens (tertiary/aromatic N) is 2. The average Bonchev–Trinajstić information content (AvgIpc) is 2.29. The minimum Gasteiger partial charge on any atom is -0.461 e. The number of hydrogen-bond donors (Lipinski definition) is 0. The van der Waals surface area contributed by atoms with E-state index in [1.807, 2.05) is 0 Å². The Labute approximate surface area is 106 Å². The van der Waals surface area contributed by atoms with Gasteiger partial charge in [0.15, 0.2) is 11.4 Å². The van der Waals surface area contributed by atoms with Crippen LogP contribution in [0.1, 0.15) is 34.8 Å². The summed E-state index contributed by atoms with van der Waals surface area (Å²) >= 11 is 3.10. The van der Waals surface area contributed by atoms with Crippen molar-refractivity contribution in [3.63, 3.8) is 0 Å². The SMILES string of the molecule is CCOC(=O)c1ncnc(C(=O)OCC)c1Br. The molecule has 0 spiro atoms. The number of carbonyl (C=O) groups is 2. The van der Waals surface area contributed by atoms with Crippen LogP contribution >= 0.6 is 15.9 Å². The summed E-state index contributed by atoms with van der Waals surface area (Å²) in [5, 5.41) is 0. The van der Waals surface area contributed by atoms with Crippen molar-refractivity contribution in [2.24, 2.45) is 0 Å². The van der Waals surface area contributed by atoms with Crippen LogP contribution < -0.4 is 0 Å². The van der Waals surface area contributed by atoms with Crippen LogP contribution in [-0.4, -0.2) is 35.1 Å². The molecule has 1 heterocycles. The summed E-state index contributed by atoms with van der Waals surface area (Å²) in [5.74, 6) is -1.24. The fourth-order valence-corrected chi connectivity index (χ4v) is 1.58. The largest absolute Gasteiger partial charge is 0.461 e. The van der Waals surface area contributed by atoms with Gasteiger partial charge in [-0.15, -0.1) is 0 Å². The quantitative estimate of drug-likeness (QED) is 0.786. The van der Waals surface area contributed by atoms with Gasteiger partial charge in [0.05, 0.1) is 17.7 Å². The number of ether oxygens (including phenoxy) is 2. The van der Waals surface area contributed by atoms with Crippen LogP contribution in [-0.2, 0) is 9.47 Å². The molecule has 92 valence electrons. The van der Waals surface area contributed by atoms with Crippen LogP contribution in [0.3, 0.4) is 0 Å². The second-order valence-electron chi connectivity index (χ2n) is 2.83. The van der Waals surface area contributed by atoms with E-state index in [4.69, 9.17) is 9.47 Å². The monoisotopic (exact) mass is 302 g/mol. The van der Waals surface area contributed by atoms with Crippen LogP contribution in [0.25, 0.3) is 0 Å². The molecule has 0 bridgehead atoms. The lowest BCUT2D eigenvalue weighted by molar-refractivity contribution is 0.0513. The molecule has 0 aliphatic rings. The lowest BCUT2D eigenvalue weighted by Gasteiger charge is -2.06. The van der Waals surface area contributed by atoms with E-state index in [1.165, 1.54) is 0 Å². The number of hydrogen-bond acceptors (Lipinski definition) is 6. The summed E-state index contributed by atoms with van der Waals surface area (Å²) in [7, 11) is 0. The first kappa shape index (κ1) is 13.6. The highest BCUT2D eigenvalue weighted by atomic mass is 79.9. The maximum absolute atomic E-state index is 11.5. The Balaban J connectivity index is 3.07. The molecule has 0 radical (unpaired) electrons. The first-order chi connectivity index (χ1) is 8.11. The highest BCUT2D eigenvalue weighted by Gasteiger charge is 2.21. The van der Waals surface area contributed by atoms with E-state index in [0.717, 1.165) is 6.33 Å². The van der Waals surface area contributed by atoms with Crippen molar-refractivity contribution in [3.05, 3.63) is 22.2 Å². The van der Waals surface area contributed by atoms with Gasteiger partial charge in [-0.2, -0.15) is 0 Å². The zero-order valence-corrected chi connectivity index (χ0v) is 11.0. The summed E-state index contributed by atoms with van der Waals surface area (Å²) in [4.78, 5) is 30.5. The summed E-state index contributed by atoms with van der Waals surface area (Å²) in [6.07, 6.45) is 1.11. The molecule has 0 saturated carbocycles. The zero-order valence-electron chi connectivity index (χ0n) is 9.40. The summed E-state index contributed by atoms with van der Waals surface area (Å²) < 4.78 is 9.76. The molecule has 0 amide bonds. The Bertz CT molecular complexity index is 400. The van der Waals surface area contributed by atoms with Crippen LogP contribution in [0, 0.1) is 0 Å². The van der Waals surface area contributed by atoms with Crippen molar-refractivity contribution >= 4 is 27.9 Å². The zero-order chi connectivity index (χ0) is 12.8. The molecule has 0 fully saturated rings. The smallest absolute Gasteiger partial charge is 0.358 e. The maximum Gasteiger partial charge on any atom is 0.358 e. The van der Waals surface area contributed by atoms with Crippen molar-refractivity contribution < 1.29 is 19.1 Å². The lowest BCUT2D eigenvalue weighted by Crippen LogP contribution is -2.14. The lowest BCUT2D eigenvalue weighted by atomic mass is 10.3. The molecule has 0 atom stereocenters. The van der Waals surface area contributed by atoms with Crippen LogP contribution in [0.5, 0.6) is 0 Å². The Morgan fingerprint density at radius 2 is 1.53 bits per heavy atom. The molecule has 6 nitrogen and oxygen atoms in total. The number of rotatable bonds is 4. The highest BCUT2D eigenvalue weighted by molar-refractivity contribution is 9.10. The van der Waals surface area contributed by atoms with E-state index >= 15 is 0 Å². The van der Waals surface area contributed by atoms with Crippen molar-refractivity contribution in [1.82, 2.24) is 9.97 Å². The first-order valence-corrected chi connectivity index (χ1v) is 5.75. The molecule has 0 unspecified atom stereocenters. The Hall–Kier alpha value is -1.50. The Morgan fingerprint density at radius 3 is 1.88 bits per heavy atom. The van der Waals surface area contributed by atoms with Crippen molar-refractivity contribution in [2.45, 2.75) is 13.8 Å². The molecule has 0 aliphatic heterocycles. The highest BCUT2D eigenvalue weighted by Crippen LogP contribution is 2.19. The predicted molar refractivity (Wildman–Crippen MR) is 61.6 cm³/mol. The van der Waals surface area contributed by atoms with Gasteiger partial charge in [0, 0.05) is 0 Å². The number of aromatic nitrogens is 2. The van der Waals surface area contributed by atoms with Gasteiger partial charge in [-0.1, -0.05) is 0 Å². The standard InChI is InChI=1S/C10H11BrN2O4/c1-3-16-9(14)7-6(11)8(13-5-12-7)10(15)17-4-2/h5H,3-4H2,1-2H3. The van der Waals surface area contributed by atoms with Gasteiger partial charge in [-0.05, 0) is 29.8 Å². The van der Waals surface area contributed by atoms with Crippen LogP contribution in [0.4, 0.5) is 0 Å². The van der Waals surface area contributed by atoms with Gasteiger partial charge in [-0.3, -0.25) is 0 Å². The normalized spacial score (nSPS) is 9.82. The molecule has 1 aromatic heterocycles. The van der Waals surface area contributed by atoms with E-state index in [0.29, 0.717) is 0 Å². The Morgan fingerprint density at radius 1 is 1.12 bits per heavy atom. The summed E-state index contributed by atoms with van der Waals surface area (Å²) in [6, 6.07) is 0. The second-order valence-corrected chi connectivity index (χ2v) is 3.62. The third-order valence-corrected chi connectivity index (χ3v) is 2.48. The molecular weight excluding hydrogens is 292 g/mol. The maximum atomic E-state index is 11.5. The predicted octanol–water partition coefficient (Wildman–Crippen LogP) is 1.59. The molecule has 0 N–H and O–H groups in total. The minimum atomic E-state index is -0.618. The fourth-order valence-electron chi connectivity index (χ4n) is 1.05. The van der Waals surface area contributed by atoms with Gasteiger partial charge >= 0.3 is 11.9 Å². The molecule has 0 aromatic carbocycles. The molecule has 1 aromatic rings. The molecule has 17 heavy (non-hydrogen) atoms. The second kappa shape index (κ2) is 6.29. The van der Waals surface area contributed by atoms with E-state index in [-0.39, 0.29) is 29.1 Å². The van der Waals surface area contributed by atoms with Crippen LogP contribution in [0.15, 0.2) is 10.8 Å².